The summed E-state index contributed by atoms with van der Waals surface area (Å²) in [4.78, 5) is 25.6. The second-order valence-corrected chi connectivity index (χ2v) is 8.81. The molecule has 0 amide bonds. The average Bonchev–Trinajstić information content (AvgIpc) is 3.41. The number of hydrogen-bond acceptors (Lipinski definition) is 10. The Morgan fingerprint density at radius 3 is 2.32 bits per heavy atom. The van der Waals surface area contributed by atoms with E-state index in [4.69, 9.17) is 4.74 Å². The van der Waals surface area contributed by atoms with Gasteiger partial charge >= 0.3 is 0 Å². The number of nitro groups is 1. The molecular formula is C24H27F2N7O4. The number of nitrogens with zero attached hydrogens (tertiary/aromatic N) is 5. The van der Waals surface area contributed by atoms with Crippen molar-refractivity contribution in [2.75, 3.05) is 35.7 Å². The van der Waals surface area contributed by atoms with Gasteiger partial charge in [-0.05, 0) is 32.3 Å². The van der Waals surface area contributed by atoms with Crippen molar-refractivity contribution in [2.45, 2.75) is 38.7 Å². The molecule has 1 aromatic heterocycles. The lowest BCUT2D eigenvalue weighted by Crippen LogP contribution is -2.22. The largest absolute Gasteiger partial charge is 0.494 e. The third-order valence-corrected chi connectivity index (χ3v) is 6.33. The van der Waals surface area contributed by atoms with Gasteiger partial charge in [-0.15, -0.1) is 0 Å². The van der Waals surface area contributed by atoms with E-state index in [0.29, 0.717) is 11.4 Å². The molecule has 196 valence electrons. The first-order valence-corrected chi connectivity index (χ1v) is 11.7. The molecule has 3 aromatic rings. The van der Waals surface area contributed by atoms with E-state index in [2.05, 4.69) is 25.6 Å². The number of anilines is 5. The summed E-state index contributed by atoms with van der Waals surface area (Å²) in [5.74, 6) is -1.87. The fraction of sp³-hybridized carbons (Fsp3) is 0.375. The maximum Gasteiger partial charge on any atom is 0.294 e. The third-order valence-electron chi connectivity index (χ3n) is 6.33. The molecule has 0 bridgehead atoms. The van der Waals surface area contributed by atoms with Gasteiger partial charge in [-0.25, -0.2) is 18.7 Å². The van der Waals surface area contributed by atoms with Crippen molar-refractivity contribution in [3.63, 3.8) is 0 Å². The number of nitro benzene ring substituents is 1. The van der Waals surface area contributed by atoms with E-state index in [-0.39, 0.29) is 40.9 Å². The highest BCUT2D eigenvalue weighted by molar-refractivity contribution is 5.77. The number of rotatable bonds is 9. The van der Waals surface area contributed by atoms with Crippen LogP contribution in [0.15, 0.2) is 30.6 Å². The summed E-state index contributed by atoms with van der Waals surface area (Å²) in [5, 5.41) is 28.2. The van der Waals surface area contributed by atoms with Gasteiger partial charge in [-0.1, -0.05) is 6.92 Å². The number of hydrogen-bond donors (Lipinski definition) is 3. The van der Waals surface area contributed by atoms with E-state index < -0.39 is 22.2 Å². The van der Waals surface area contributed by atoms with Crippen LogP contribution in [0.3, 0.4) is 0 Å². The molecule has 0 radical (unpaired) electrons. The zero-order valence-electron chi connectivity index (χ0n) is 20.6. The molecule has 11 nitrogen and oxygen atoms in total. The molecule has 0 aliphatic carbocycles. The third kappa shape index (κ3) is 5.50. The lowest BCUT2D eigenvalue weighted by Gasteiger charge is -2.25. The Labute approximate surface area is 211 Å². The Balaban J connectivity index is 1.66. The molecule has 1 atom stereocenters. The summed E-state index contributed by atoms with van der Waals surface area (Å²) >= 11 is 0. The lowest BCUT2D eigenvalue weighted by atomic mass is 9.91. The van der Waals surface area contributed by atoms with E-state index in [9.17, 15) is 24.0 Å². The van der Waals surface area contributed by atoms with Crippen molar-refractivity contribution in [1.82, 2.24) is 15.0 Å². The Morgan fingerprint density at radius 2 is 1.73 bits per heavy atom. The van der Waals surface area contributed by atoms with Gasteiger partial charge in [0, 0.05) is 36.9 Å². The minimum atomic E-state index is -1.45. The van der Waals surface area contributed by atoms with Gasteiger partial charge < -0.3 is 25.4 Å². The first-order chi connectivity index (χ1) is 17.6. The van der Waals surface area contributed by atoms with Crippen LogP contribution >= 0.6 is 0 Å². The minimum absolute atomic E-state index is 0.0189. The molecule has 0 saturated carbocycles. The van der Waals surface area contributed by atoms with Gasteiger partial charge in [-0.3, -0.25) is 10.1 Å². The molecule has 2 aromatic carbocycles. The van der Waals surface area contributed by atoms with Crippen molar-refractivity contribution in [3.05, 3.63) is 57.9 Å². The fourth-order valence-electron chi connectivity index (χ4n) is 4.13. The van der Waals surface area contributed by atoms with Crippen LogP contribution in [0.4, 0.5) is 43.4 Å². The van der Waals surface area contributed by atoms with Crippen LogP contribution in [0.2, 0.25) is 0 Å². The summed E-state index contributed by atoms with van der Waals surface area (Å²) in [6.07, 6.45) is 3.32. The second-order valence-electron chi connectivity index (χ2n) is 8.81. The highest BCUT2D eigenvalue weighted by Crippen LogP contribution is 2.40. The second kappa shape index (κ2) is 10.5. The van der Waals surface area contributed by atoms with Crippen LogP contribution in [-0.2, 0) is 5.60 Å². The van der Waals surface area contributed by atoms with Crippen molar-refractivity contribution in [1.29, 1.82) is 0 Å². The molecule has 2 heterocycles. The van der Waals surface area contributed by atoms with Crippen LogP contribution in [0.25, 0.3) is 0 Å². The number of halogens is 2. The smallest absolute Gasteiger partial charge is 0.294 e. The standard InChI is InChI=1S/C24H27F2N7O4/c1-4-24(2,34)14-9-15(25)16(26)10-17(14)29-22-27-13-28-23(31-22)30-18-11-20(33(35)36)19(12-21(18)37-3)32-7-5-6-8-32/h9-13,34H,4-8H2,1-3H3,(H2,27,28,29,30,31). The van der Waals surface area contributed by atoms with Gasteiger partial charge in [0.05, 0.1) is 29.0 Å². The molecule has 4 rings (SSSR count). The van der Waals surface area contributed by atoms with Gasteiger partial charge in [0.25, 0.3) is 5.69 Å². The minimum Gasteiger partial charge on any atom is -0.494 e. The quantitative estimate of drug-likeness (QED) is 0.270. The van der Waals surface area contributed by atoms with E-state index in [1.54, 1.807) is 13.0 Å². The number of ether oxygens (including phenoxy) is 1. The number of benzene rings is 2. The number of methoxy groups -OCH3 is 1. The Morgan fingerprint density at radius 1 is 1.11 bits per heavy atom. The molecule has 1 aliphatic rings. The molecule has 37 heavy (non-hydrogen) atoms. The van der Waals surface area contributed by atoms with Crippen molar-refractivity contribution < 1.29 is 23.5 Å². The predicted molar refractivity (Wildman–Crippen MR) is 134 cm³/mol. The van der Waals surface area contributed by atoms with Crippen LogP contribution in [0.5, 0.6) is 5.75 Å². The first kappa shape index (κ1) is 25.9. The number of nitrogens with one attached hydrogen (secondary N) is 2. The Bertz CT molecular complexity index is 1320. The normalized spacial score (nSPS) is 14.8. The topological polar surface area (TPSA) is 139 Å². The van der Waals surface area contributed by atoms with Crippen molar-refractivity contribution >= 4 is 34.6 Å². The zero-order chi connectivity index (χ0) is 26.7. The molecular weight excluding hydrogens is 488 g/mol. The lowest BCUT2D eigenvalue weighted by molar-refractivity contribution is -0.384. The first-order valence-electron chi connectivity index (χ1n) is 11.7. The average molecular weight is 516 g/mol. The molecule has 1 saturated heterocycles. The predicted octanol–water partition coefficient (Wildman–Crippen LogP) is 4.77. The molecule has 3 N–H and O–H groups in total. The number of aliphatic hydroxyl groups is 1. The summed E-state index contributed by atoms with van der Waals surface area (Å²) in [7, 11) is 1.45. The van der Waals surface area contributed by atoms with Crippen LogP contribution in [-0.4, -0.2) is 45.2 Å². The van der Waals surface area contributed by atoms with Crippen LogP contribution < -0.4 is 20.3 Å². The highest BCUT2D eigenvalue weighted by atomic mass is 19.2. The molecule has 13 heteroatoms. The molecule has 1 fully saturated rings. The Hall–Kier alpha value is -4.13. The highest BCUT2D eigenvalue weighted by Gasteiger charge is 2.27. The van der Waals surface area contributed by atoms with Gasteiger partial charge in [0.2, 0.25) is 11.9 Å². The Kier molecular flexibility index (Phi) is 7.34. The summed E-state index contributed by atoms with van der Waals surface area (Å²) in [6.45, 7) is 4.63. The van der Waals surface area contributed by atoms with E-state index in [0.717, 1.165) is 38.1 Å². The van der Waals surface area contributed by atoms with Crippen molar-refractivity contribution in [3.8, 4) is 5.75 Å². The van der Waals surface area contributed by atoms with Gasteiger partial charge in [0.1, 0.15) is 17.8 Å². The zero-order valence-corrected chi connectivity index (χ0v) is 20.6. The van der Waals surface area contributed by atoms with E-state index in [1.807, 2.05) is 4.90 Å². The van der Waals surface area contributed by atoms with Gasteiger partial charge in [0.15, 0.2) is 11.6 Å². The summed E-state index contributed by atoms with van der Waals surface area (Å²) in [6, 6.07) is 4.80. The van der Waals surface area contributed by atoms with Crippen molar-refractivity contribution in [2.24, 2.45) is 0 Å². The monoisotopic (exact) mass is 515 g/mol. The van der Waals surface area contributed by atoms with Crippen LogP contribution in [0, 0.1) is 21.7 Å². The van der Waals surface area contributed by atoms with Gasteiger partial charge in [-0.2, -0.15) is 4.98 Å². The molecule has 1 unspecified atom stereocenters. The summed E-state index contributed by atoms with van der Waals surface area (Å²) in [5.41, 5.74) is -0.613. The molecule has 0 spiro atoms. The summed E-state index contributed by atoms with van der Waals surface area (Å²) < 4.78 is 33.4. The van der Waals surface area contributed by atoms with Crippen LogP contribution in [0.1, 0.15) is 38.7 Å². The molecule has 1 aliphatic heterocycles. The maximum absolute atomic E-state index is 14.0. The van der Waals surface area contributed by atoms with E-state index >= 15 is 0 Å². The fourth-order valence-corrected chi connectivity index (χ4v) is 4.13. The maximum atomic E-state index is 14.0. The SMILES string of the molecule is CCC(C)(O)c1cc(F)c(F)cc1Nc1ncnc(Nc2cc([N+](=O)[O-])c(N3CCCC3)cc2OC)n1. The number of aromatic nitrogens is 3. The van der Waals surface area contributed by atoms with E-state index in [1.165, 1.54) is 26.4 Å².